The number of tetrazole rings is 1. The summed E-state index contributed by atoms with van der Waals surface area (Å²) in [5.74, 6) is 0.297. The summed E-state index contributed by atoms with van der Waals surface area (Å²) < 4.78 is 80.0. The lowest BCUT2D eigenvalue weighted by atomic mass is 9.98. The van der Waals surface area contributed by atoms with Gasteiger partial charge in [-0.05, 0) is 58.7 Å². The Hall–Kier alpha value is -5.40. The highest BCUT2D eigenvalue weighted by molar-refractivity contribution is 6.02. The zero-order valence-corrected chi connectivity index (χ0v) is 24.0. The number of aromatic nitrogens is 4. The van der Waals surface area contributed by atoms with E-state index < -0.39 is 36.9 Å². The number of carbonyl (C=O) groups is 1. The molecule has 8 nitrogen and oxygen atoms in total. The summed E-state index contributed by atoms with van der Waals surface area (Å²) in [6.07, 6.45) is -9.76. The van der Waals surface area contributed by atoms with Crippen molar-refractivity contribution in [1.29, 1.82) is 0 Å². The minimum Gasteiger partial charge on any atom is -0.369 e. The Morgan fingerprint density at radius 1 is 0.783 bits per heavy atom. The minimum atomic E-state index is -4.63. The molecule has 0 bridgehead atoms. The second kappa shape index (κ2) is 13.7. The summed E-state index contributed by atoms with van der Waals surface area (Å²) in [6, 6.07) is 24.4. The van der Waals surface area contributed by atoms with Crippen LogP contribution >= 0.6 is 0 Å². The molecule has 0 aliphatic rings. The number of H-pyrrole nitrogens is 1. The topological polar surface area (TPSA) is 98.8 Å². The fraction of sp³-hybridized carbons (Fsp3) is 0.188. The molecule has 46 heavy (non-hydrogen) atoms. The molecular weight excluding hydrogens is 612 g/mol. The molecular formula is C32H27F6N7O. The predicted molar refractivity (Wildman–Crippen MR) is 162 cm³/mol. The average molecular weight is 640 g/mol. The maximum Gasteiger partial charge on any atom is 0.416 e. The molecule has 0 radical (unpaired) electrons. The SMILES string of the molecule is O=C(Nc1cccc(C(F)(F)F)c1)Nc1cc(-c2ccccc2-c2nn[nH]n2)ccc1N(CCc1ccccc1)CCC(F)(F)F. The van der Waals surface area contributed by atoms with E-state index in [4.69, 9.17) is 0 Å². The van der Waals surface area contributed by atoms with E-state index in [0.29, 0.717) is 34.6 Å². The van der Waals surface area contributed by atoms with Gasteiger partial charge in [-0.15, -0.1) is 10.2 Å². The van der Waals surface area contributed by atoms with Crippen LogP contribution in [0.15, 0.2) is 97.1 Å². The predicted octanol–water partition coefficient (Wildman–Crippen LogP) is 8.20. The number of anilines is 3. The van der Waals surface area contributed by atoms with Gasteiger partial charge in [0.25, 0.3) is 0 Å². The lowest BCUT2D eigenvalue weighted by molar-refractivity contribution is -0.137. The lowest BCUT2D eigenvalue weighted by Gasteiger charge is -2.28. The second-order valence-electron chi connectivity index (χ2n) is 10.3. The maximum atomic E-state index is 13.4. The Bertz CT molecular complexity index is 1760. The number of hydrogen-bond acceptors (Lipinski definition) is 5. The van der Waals surface area contributed by atoms with Crippen LogP contribution < -0.4 is 15.5 Å². The fourth-order valence-electron chi connectivity index (χ4n) is 4.87. The average Bonchev–Trinajstić information content (AvgIpc) is 3.56. The van der Waals surface area contributed by atoms with E-state index in [-0.39, 0.29) is 17.9 Å². The Kier molecular flexibility index (Phi) is 9.54. The minimum absolute atomic E-state index is 0.120. The first-order chi connectivity index (χ1) is 22.0. The molecule has 0 aliphatic heterocycles. The van der Waals surface area contributed by atoms with E-state index in [1.807, 2.05) is 30.3 Å². The molecule has 0 spiro atoms. The number of halogens is 6. The van der Waals surface area contributed by atoms with Crippen LogP contribution in [0, 0.1) is 0 Å². The molecule has 1 aromatic heterocycles. The molecule has 238 valence electrons. The van der Waals surface area contributed by atoms with Gasteiger partial charge in [-0.3, -0.25) is 0 Å². The number of benzene rings is 4. The Balaban J connectivity index is 1.52. The van der Waals surface area contributed by atoms with E-state index in [9.17, 15) is 31.1 Å². The van der Waals surface area contributed by atoms with Crippen molar-refractivity contribution < 1.29 is 31.1 Å². The first-order valence-corrected chi connectivity index (χ1v) is 14.0. The molecule has 1 heterocycles. The van der Waals surface area contributed by atoms with E-state index in [0.717, 1.165) is 23.8 Å². The standard InChI is InChI=1S/C32H27F6N7O/c33-31(34,35)16-18-45(17-15-21-7-2-1-3-8-21)28-14-13-22(25-11-4-5-12-26(25)29-41-43-44-42-29)19-27(28)40-30(46)39-24-10-6-9-23(20-24)32(36,37)38/h1-14,19-20H,15-18H2,(H2,39,40,46)(H,41,42,43,44). The van der Waals surface area contributed by atoms with Gasteiger partial charge in [0.05, 0.1) is 23.4 Å². The number of hydrogen-bond donors (Lipinski definition) is 3. The van der Waals surface area contributed by atoms with Gasteiger partial charge in [-0.2, -0.15) is 31.6 Å². The van der Waals surface area contributed by atoms with Gasteiger partial charge in [0.2, 0.25) is 5.82 Å². The highest BCUT2D eigenvalue weighted by Gasteiger charge is 2.31. The third-order valence-corrected chi connectivity index (χ3v) is 7.04. The van der Waals surface area contributed by atoms with Crippen molar-refractivity contribution in [2.75, 3.05) is 28.6 Å². The van der Waals surface area contributed by atoms with Crippen molar-refractivity contribution in [1.82, 2.24) is 20.6 Å². The van der Waals surface area contributed by atoms with Crippen LogP contribution in [0.1, 0.15) is 17.5 Å². The molecule has 0 unspecified atom stereocenters. The van der Waals surface area contributed by atoms with Gasteiger partial charge in [0.15, 0.2) is 0 Å². The summed E-state index contributed by atoms with van der Waals surface area (Å²) in [5.41, 5.74) is 2.07. The van der Waals surface area contributed by atoms with Crippen LogP contribution in [-0.2, 0) is 12.6 Å². The quantitative estimate of drug-likeness (QED) is 0.134. The maximum absolute atomic E-state index is 13.4. The first-order valence-electron chi connectivity index (χ1n) is 14.0. The second-order valence-corrected chi connectivity index (χ2v) is 10.3. The smallest absolute Gasteiger partial charge is 0.369 e. The molecule has 5 aromatic rings. The Labute approximate surface area is 259 Å². The number of rotatable bonds is 10. The van der Waals surface area contributed by atoms with Gasteiger partial charge in [0, 0.05) is 24.3 Å². The Morgan fingerprint density at radius 3 is 2.22 bits per heavy atom. The number of alkyl halides is 6. The summed E-state index contributed by atoms with van der Waals surface area (Å²) in [4.78, 5) is 14.7. The van der Waals surface area contributed by atoms with Crippen LogP contribution in [0.2, 0.25) is 0 Å². The monoisotopic (exact) mass is 639 g/mol. The first kappa shape index (κ1) is 32.0. The molecule has 0 fully saturated rings. The fourth-order valence-corrected chi connectivity index (χ4v) is 4.87. The van der Waals surface area contributed by atoms with Crippen LogP contribution in [0.5, 0.6) is 0 Å². The molecule has 2 amide bonds. The molecule has 0 saturated carbocycles. The largest absolute Gasteiger partial charge is 0.416 e. The molecule has 14 heteroatoms. The van der Waals surface area contributed by atoms with Crippen molar-refractivity contribution in [3.05, 3.63) is 108 Å². The number of nitrogens with zero attached hydrogens (tertiary/aromatic N) is 4. The van der Waals surface area contributed by atoms with Crippen molar-refractivity contribution >= 4 is 23.1 Å². The molecule has 5 rings (SSSR count). The normalized spacial score (nSPS) is 11.7. The molecule has 0 aliphatic carbocycles. The van der Waals surface area contributed by atoms with Crippen LogP contribution in [0.25, 0.3) is 22.5 Å². The van der Waals surface area contributed by atoms with Crippen molar-refractivity contribution in [2.45, 2.75) is 25.2 Å². The lowest BCUT2D eigenvalue weighted by Crippen LogP contribution is -2.31. The number of nitrogens with one attached hydrogen (secondary N) is 3. The number of amides is 2. The zero-order valence-electron chi connectivity index (χ0n) is 24.0. The molecule has 0 saturated heterocycles. The highest BCUT2D eigenvalue weighted by Crippen LogP contribution is 2.37. The summed E-state index contributed by atoms with van der Waals surface area (Å²) in [6.45, 7) is -0.220. The Morgan fingerprint density at radius 2 is 1.52 bits per heavy atom. The zero-order chi connectivity index (χ0) is 32.7. The number of urea groups is 1. The molecule has 0 atom stereocenters. The van der Waals surface area contributed by atoms with E-state index in [1.54, 1.807) is 42.5 Å². The highest BCUT2D eigenvalue weighted by atomic mass is 19.4. The van der Waals surface area contributed by atoms with Crippen molar-refractivity contribution in [3.63, 3.8) is 0 Å². The van der Waals surface area contributed by atoms with Gasteiger partial charge in [-0.1, -0.05) is 66.7 Å². The van der Waals surface area contributed by atoms with E-state index >= 15 is 0 Å². The van der Waals surface area contributed by atoms with Gasteiger partial charge in [-0.25, -0.2) is 4.79 Å². The summed E-state index contributed by atoms with van der Waals surface area (Å²) in [7, 11) is 0. The van der Waals surface area contributed by atoms with E-state index in [2.05, 4.69) is 31.3 Å². The summed E-state index contributed by atoms with van der Waals surface area (Å²) >= 11 is 0. The van der Waals surface area contributed by atoms with Crippen LogP contribution in [0.4, 0.5) is 48.2 Å². The van der Waals surface area contributed by atoms with Gasteiger partial charge in [0.1, 0.15) is 0 Å². The van der Waals surface area contributed by atoms with Crippen molar-refractivity contribution in [2.24, 2.45) is 0 Å². The van der Waals surface area contributed by atoms with Crippen molar-refractivity contribution in [3.8, 4) is 22.5 Å². The van der Waals surface area contributed by atoms with Crippen LogP contribution in [-0.4, -0.2) is 45.9 Å². The number of carbonyl (C=O) groups excluding carboxylic acids is 1. The molecule has 4 aromatic carbocycles. The summed E-state index contributed by atoms with van der Waals surface area (Å²) in [5, 5.41) is 19.1. The third kappa shape index (κ3) is 8.40. The van der Waals surface area contributed by atoms with Gasteiger partial charge < -0.3 is 15.5 Å². The molecule has 3 N–H and O–H groups in total. The van der Waals surface area contributed by atoms with Crippen LogP contribution in [0.3, 0.4) is 0 Å². The van der Waals surface area contributed by atoms with Gasteiger partial charge >= 0.3 is 18.4 Å². The van der Waals surface area contributed by atoms with E-state index in [1.165, 1.54) is 11.0 Å². The number of aromatic amines is 1. The third-order valence-electron chi connectivity index (χ3n) is 7.04.